The van der Waals surface area contributed by atoms with Crippen LogP contribution in [0.2, 0.25) is 0 Å². The second-order valence-corrected chi connectivity index (χ2v) is 7.86. The van der Waals surface area contributed by atoms with E-state index in [-0.39, 0.29) is 10.8 Å². The number of nitrogens with one attached hydrogen (secondary N) is 1. The molecule has 0 spiro atoms. The third-order valence-corrected chi connectivity index (χ3v) is 4.33. The summed E-state index contributed by atoms with van der Waals surface area (Å²) in [5, 5.41) is 3.25. The number of thioether (sulfide) groups is 1. The highest BCUT2D eigenvalue weighted by atomic mass is 32.2. The summed E-state index contributed by atoms with van der Waals surface area (Å²) in [5.74, 6) is 0.622. The highest BCUT2D eigenvalue weighted by Crippen LogP contribution is 2.36. The molecule has 1 N–H and O–H groups in total. The molecule has 0 saturated heterocycles. The quantitative estimate of drug-likeness (QED) is 0.766. The van der Waals surface area contributed by atoms with Crippen LogP contribution >= 0.6 is 11.8 Å². The van der Waals surface area contributed by atoms with Gasteiger partial charge in [-0.05, 0) is 24.6 Å². The molecule has 0 saturated carbocycles. The van der Waals surface area contributed by atoms with Crippen LogP contribution in [-0.4, -0.2) is 17.0 Å². The monoisotopic (exact) mass is 319 g/mol. The van der Waals surface area contributed by atoms with Crippen LogP contribution in [0.25, 0.3) is 0 Å². The Morgan fingerprint density at radius 2 is 1.76 bits per heavy atom. The molecule has 0 radical (unpaired) electrons. The second kappa shape index (κ2) is 7.54. The van der Waals surface area contributed by atoms with E-state index in [2.05, 4.69) is 26.1 Å². The predicted octanol–water partition coefficient (Wildman–Crippen LogP) is 5.28. The van der Waals surface area contributed by atoms with E-state index in [0.29, 0.717) is 17.9 Å². The molecule has 0 amide bonds. The highest BCUT2D eigenvalue weighted by Gasteiger charge is 2.35. The van der Waals surface area contributed by atoms with Gasteiger partial charge in [0.1, 0.15) is 0 Å². The maximum atomic E-state index is 13.2. The van der Waals surface area contributed by atoms with Crippen molar-refractivity contribution >= 4 is 11.8 Å². The van der Waals surface area contributed by atoms with Gasteiger partial charge in [-0.2, -0.15) is 24.9 Å². The van der Waals surface area contributed by atoms with Gasteiger partial charge in [-0.25, -0.2) is 0 Å². The van der Waals surface area contributed by atoms with E-state index in [1.165, 1.54) is 6.07 Å². The molecule has 0 fully saturated rings. The summed E-state index contributed by atoms with van der Waals surface area (Å²) in [4.78, 5) is 0. The number of rotatable bonds is 6. The van der Waals surface area contributed by atoms with Gasteiger partial charge in [0.15, 0.2) is 0 Å². The summed E-state index contributed by atoms with van der Waals surface area (Å²) < 4.78 is 39.5. The lowest BCUT2D eigenvalue weighted by atomic mass is 10.0. The largest absolute Gasteiger partial charge is 0.416 e. The zero-order valence-electron chi connectivity index (χ0n) is 13.1. The van der Waals surface area contributed by atoms with Crippen molar-refractivity contribution in [3.63, 3.8) is 0 Å². The van der Waals surface area contributed by atoms with Crippen molar-refractivity contribution in [3.8, 4) is 0 Å². The molecule has 0 aliphatic carbocycles. The molecular formula is C16H24F3NS. The standard InChI is InChI=1S/C16H24F3NS/c1-5-10-20-14(11-21-15(2,3)4)12-8-6-7-9-13(12)16(17,18)19/h6-9,14,20H,5,10-11H2,1-4H3. The van der Waals surface area contributed by atoms with Gasteiger partial charge in [0.25, 0.3) is 0 Å². The first kappa shape index (κ1) is 18.4. The van der Waals surface area contributed by atoms with Gasteiger partial charge in [-0.15, -0.1) is 0 Å². The summed E-state index contributed by atoms with van der Waals surface area (Å²) in [6.45, 7) is 8.94. The van der Waals surface area contributed by atoms with Crippen molar-refractivity contribution < 1.29 is 13.2 Å². The smallest absolute Gasteiger partial charge is 0.309 e. The molecule has 1 nitrogen and oxygen atoms in total. The van der Waals surface area contributed by atoms with Crippen LogP contribution in [0.5, 0.6) is 0 Å². The second-order valence-electron chi connectivity index (χ2n) is 6.02. The van der Waals surface area contributed by atoms with E-state index in [0.717, 1.165) is 12.5 Å². The van der Waals surface area contributed by atoms with E-state index in [1.807, 2.05) is 6.92 Å². The molecule has 120 valence electrons. The third-order valence-electron chi connectivity index (χ3n) is 2.97. The van der Waals surface area contributed by atoms with Gasteiger partial charge >= 0.3 is 6.18 Å². The van der Waals surface area contributed by atoms with E-state index < -0.39 is 11.7 Å². The summed E-state index contributed by atoms with van der Waals surface area (Å²) in [6.07, 6.45) is -3.42. The van der Waals surface area contributed by atoms with Gasteiger partial charge in [-0.3, -0.25) is 0 Å². The minimum absolute atomic E-state index is 0.0271. The third kappa shape index (κ3) is 6.30. The van der Waals surface area contributed by atoms with E-state index in [9.17, 15) is 13.2 Å². The first-order chi connectivity index (χ1) is 9.65. The van der Waals surface area contributed by atoms with Gasteiger partial charge in [0, 0.05) is 16.5 Å². The fourth-order valence-corrected chi connectivity index (χ4v) is 2.93. The SMILES string of the molecule is CCCNC(CSC(C)(C)C)c1ccccc1C(F)(F)F. The zero-order valence-corrected chi connectivity index (χ0v) is 13.9. The molecule has 0 aliphatic heterocycles. The molecule has 1 unspecified atom stereocenters. The zero-order chi connectivity index (χ0) is 16.1. The first-order valence-electron chi connectivity index (χ1n) is 7.18. The topological polar surface area (TPSA) is 12.0 Å². The molecule has 0 heterocycles. The Labute approximate surface area is 129 Å². The Hall–Kier alpha value is -0.680. The van der Waals surface area contributed by atoms with Crippen molar-refractivity contribution in [2.45, 2.75) is 51.1 Å². The summed E-state index contributed by atoms with van der Waals surface area (Å²) in [6, 6.07) is 5.58. The summed E-state index contributed by atoms with van der Waals surface area (Å²) in [5.41, 5.74) is -0.191. The van der Waals surface area contributed by atoms with Crippen molar-refractivity contribution in [1.82, 2.24) is 5.32 Å². The molecule has 1 rings (SSSR count). The number of alkyl halides is 3. The van der Waals surface area contributed by atoms with Crippen LogP contribution in [0.1, 0.15) is 51.3 Å². The van der Waals surface area contributed by atoms with Crippen LogP contribution in [-0.2, 0) is 6.18 Å². The van der Waals surface area contributed by atoms with Crippen molar-refractivity contribution in [1.29, 1.82) is 0 Å². The van der Waals surface area contributed by atoms with Gasteiger partial charge in [0.2, 0.25) is 0 Å². The first-order valence-corrected chi connectivity index (χ1v) is 8.17. The Kier molecular flexibility index (Phi) is 6.60. The summed E-state index contributed by atoms with van der Waals surface area (Å²) in [7, 11) is 0. The molecule has 0 aromatic heterocycles. The van der Waals surface area contributed by atoms with Crippen LogP contribution in [0.4, 0.5) is 13.2 Å². The fraction of sp³-hybridized carbons (Fsp3) is 0.625. The minimum Gasteiger partial charge on any atom is -0.309 e. The van der Waals surface area contributed by atoms with Crippen LogP contribution in [0, 0.1) is 0 Å². The Morgan fingerprint density at radius 3 is 2.29 bits per heavy atom. The molecule has 0 bridgehead atoms. The van der Waals surface area contributed by atoms with Crippen molar-refractivity contribution in [2.75, 3.05) is 12.3 Å². The molecule has 1 aromatic carbocycles. The Bertz CT molecular complexity index is 438. The van der Waals surface area contributed by atoms with Crippen molar-refractivity contribution in [2.24, 2.45) is 0 Å². The summed E-state index contributed by atoms with van der Waals surface area (Å²) >= 11 is 1.68. The van der Waals surface area contributed by atoms with Gasteiger partial charge in [-0.1, -0.05) is 45.9 Å². The van der Waals surface area contributed by atoms with Crippen LogP contribution in [0.15, 0.2) is 24.3 Å². The van der Waals surface area contributed by atoms with Crippen LogP contribution in [0.3, 0.4) is 0 Å². The predicted molar refractivity (Wildman–Crippen MR) is 84.7 cm³/mol. The van der Waals surface area contributed by atoms with E-state index in [4.69, 9.17) is 0 Å². The average Bonchev–Trinajstić information content (AvgIpc) is 2.37. The lowest BCUT2D eigenvalue weighted by molar-refractivity contribution is -0.138. The molecule has 5 heteroatoms. The number of benzene rings is 1. The number of halogens is 3. The lowest BCUT2D eigenvalue weighted by Crippen LogP contribution is -2.28. The maximum absolute atomic E-state index is 13.2. The minimum atomic E-state index is -4.31. The Balaban J connectivity index is 3.02. The molecule has 21 heavy (non-hydrogen) atoms. The van der Waals surface area contributed by atoms with Crippen LogP contribution < -0.4 is 5.32 Å². The Morgan fingerprint density at radius 1 is 1.14 bits per heavy atom. The number of hydrogen-bond acceptors (Lipinski definition) is 2. The molecule has 0 aliphatic rings. The molecule has 1 atom stereocenters. The maximum Gasteiger partial charge on any atom is 0.416 e. The fourth-order valence-electron chi connectivity index (χ4n) is 1.97. The molecule has 1 aromatic rings. The van der Waals surface area contributed by atoms with Crippen molar-refractivity contribution in [3.05, 3.63) is 35.4 Å². The number of hydrogen-bond donors (Lipinski definition) is 1. The van der Waals surface area contributed by atoms with E-state index in [1.54, 1.807) is 23.9 Å². The van der Waals surface area contributed by atoms with Gasteiger partial charge in [0.05, 0.1) is 5.56 Å². The highest BCUT2D eigenvalue weighted by molar-refractivity contribution is 8.00. The lowest BCUT2D eigenvalue weighted by Gasteiger charge is -2.26. The average molecular weight is 319 g/mol. The van der Waals surface area contributed by atoms with Gasteiger partial charge < -0.3 is 5.32 Å². The normalized spacial score (nSPS) is 14.2. The molecular weight excluding hydrogens is 295 g/mol. The van der Waals surface area contributed by atoms with E-state index >= 15 is 0 Å².